The van der Waals surface area contributed by atoms with Crippen LogP contribution in [0.15, 0.2) is 77.8 Å². The molecule has 4 rings (SSSR count). The maximum atomic E-state index is 13.2. The molecule has 1 saturated heterocycles. The second-order valence-electron chi connectivity index (χ2n) is 7.83. The van der Waals surface area contributed by atoms with Crippen molar-refractivity contribution in [3.8, 4) is 5.75 Å². The number of carbonyl (C=O) groups is 3. The van der Waals surface area contributed by atoms with E-state index < -0.39 is 11.2 Å². The Balaban J connectivity index is 1.53. The third kappa shape index (κ3) is 6.05. The Morgan fingerprint density at radius 3 is 2.36 bits per heavy atom. The summed E-state index contributed by atoms with van der Waals surface area (Å²) >= 11 is 7.17. The summed E-state index contributed by atoms with van der Waals surface area (Å²) in [4.78, 5) is 42.8. The number of carbonyl (C=O) groups excluding carboxylic acids is 2. The van der Waals surface area contributed by atoms with Crippen molar-refractivity contribution in [2.45, 2.75) is 18.2 Å². The summed E-state index contributed by atoms with van der Waals surface area (Å²) in [6, 6.07) is 20.2. The number of methoxy groups -OCH3 is 1. The number of halogens is 1. The third-order valence-electron chi connectivity index (χ3n) is 5.39. The normalized spacial score (nSPS) is 15.8. The molecule has 0 saturated carbocycles. The Bertz CT molecular complexity index is 1290. The van der Waals surface area contributed by atoms with Crippen LogP contribution in [-0.4, -0.2) is 40.4 Å². The SMILES string of the molecule is COc1ccc(CN=C(Nc2ccc(Cl)cc2)S[C@@H]2CC(=O)N(c3ccc(C(=O)O)cc3)C2=O)cc1. The summed E-state index contributed by atoms with van der Waals surface area (Å²) in [6.07, 6.45) is -0.00592. The van der Waals surface area contributed by atoms with Crippen molar-refractivity contribution in [3.05, 3.63) is 88.9 Å². The topological polar surface area (TPSA) is 108 Å². The first kappa shape index (κ1) is 25.3. The van der Waals surface area contributed by atoms with E-state index in [4.69, 9.17) is 21.4 Å². The summed E-state index contributed by atoms with van der Waals surface area (Å²) in [5, 5.41) is 12.7. The number of amides is 2. The van der Waals surface area contributed by atoms with E-state index in [1.165, 1.54) is 36.0 Å². The Labute approximate surface area is 216 Å². The summed E-state index contributed by atoms with van der Waals surface area (Å²) in [5.74, 6) is -1.09. The Morgan fingerprint density at radius 1 is 1.08 bits per heavy atom. The van der Waals surface area contributed by atoms with Gasteiger partial charge in [0.05, 0.1) is 24.9 Å². The number of aromatic carboxylic acids is 1. The fourth-order valence-electron chi connectivity index (χ4n) is 3.51. The van der Waals surface area contributed by atoms with Crippen LogP contribution in [0.25, 0.3) is 0 Å². The number of ether oxygens (including phenoxy) is 1. The van der Waals surface area contributed by atoms with Crippen LogP contribution in [0.1, 0.15) is 22.3 Å². The van der Waals surface area contributed by atoms with Crippen LogP contribution in [0.3, 0.4) is 0 Å². The number of nitrogens with zero attached hydrogens (tertiary/aromatic N) is 2. The van der Waals surface area contributed by atoms with Gasteiger partial charge in [-0.3, -0.25) is 14.6 Å². The van der Waals surface area contributed by atoms with Crippen molar-refractivity contribution in [1.82, 2.24) is 0 Å². The number of nitrogens with one attached hydrogen (secondary N) is 1. The number of carboxylic acid groups (broad SMARTS) is 1. The van der Waals surface area contributed by atoms with Crippen LogP contribution in [-0.2, 0) is 16.1 Å². The van der Waals surface area contributed by atoms with E-state index >= 15 is 0 Å². The number of imide groups is 1. The highest BCUT2D eigenvalue weighted by molar-refractivity contribution is 8.15. The van der Waals surface area contributed by atoms with Gasteiger partial charge in [-0.25, -0.2) is 9.69 Å². The lowest BCUT2D eigenvalue weighted by atomic mass is 10.2. The number of amidine groups is 1. The van der Waals surface area contributed by atoms with Gasteiger partial charge in [0.15, 0.2) is 5.17 Å². The van der Waals surface area contributed by atoms with Crippen LogP contribution in [0.4, 0.5) is 11.4 Å². The van der Waals surface area contributed by atoms with Crippen molar-refractivity contribution in [3.63, 3.8) is 0 Å². The monoisotopic (exact) mass is 523 g/mol. The largest absolute Gasteiger partial charge is 0.497 e. The molecule has 0 aromatic heterocycles. The molecule has 1 fully saturated rings. The molecule has 0 aliphatic carbocycles. The van der Waals surface area contributed by atoms with Gasteiger partial charge >= 0.3 is 5.97 Å². The first-order valence-corrected chi connectivity index (χ1v) is 12.2. The quantitative estimate of drug-likeness (QED) is 0.252. The molecule has 36 heavy (non-hydrogen) atoms. The Morgan fingerprint density at radius 2 is 1.75 bits per heavy atom. The third-order valence-corrected chi connectivity index (χ3v) is 6.75. The predicted octanol–water partition coefficient (Wildman–Crippen LogP) is 5.08. The second-order valence-corrected chi connectivity index (χ2v) is 9.46. The fraction of sp³-hybridized carbons (Fsp3) is 0.154. The van der Waals surface area contributed by atoms with Gasteiger partial charge in [0.25, 0.3) is 0 Å². The van der Waals surface area contributed by atoms with E-state index in [1.54, 1.807) is 31.4 Å². The molecular weight excluding hydrogens is 502 g/mol. The van der Waals surface area contributed by atoms with Gasteiger partial charge in [-0.2, -0.15) is 0 Å². The molecule has 1 aliphatic heterocycles. The van der Waals surface area contributed by atoms with Crippen LogP contribution < -0.4 is 15.0 Å². The highest BCUT2D eigenvalue weighted by Gasteiger charge is 2.40. The summed E-state index contributed by atoms with van der Waals surface area (Å²) < 4.78 is 5.19. The van der Waals surface area contributed by atoms with Crippen LogP contribution >= 0.6 is 23.4 Å². The highest BCUT2D eigenvalue weighted by Crippen LogP contribution is 2.31. The molecule has 3 aromatic carbocycles. The van der Waals surface area contributed by atoms with Crippen molar-refractivity contribution in [2.24, 2.45) is 4.99 Å². The van der Waals surface area contributed by atoms with Crippen LogP contribution in [0.5, 0.6) is 5.75 Å². The lowest BCUT2D eigenvalue weighted by Gasteiger charge is -2.16. The van der Waals surface area contributed by atoms with Crippen LogP contribution in [0.2, 0.25) is 5.02 Å². The minimum absolute atomic E-state index is 0.00592. The highest BCUT2D eigenvalue weighted by atomic mass is 35.5. The number of thioether (sulfide) groups is 1. The average molecular weight is 524 g/mol. The lowest BCUT2D eigenvalue weighted by Crippen LogP contribution is -2.31. The minimum Gasteiger partial charge on any atom is -0.497 e. The van der Waals surface area contributed by atoms with Gasteiger partial charge in [0, 0.05) is 17.1 Å². The van der Waals surface area contributed by atoms with Gasteiger partial charge in [-0.1, -0.05) is 35.5 Å². The molecule has 1 atom stereocenters. The number of aliphatic imine (C=N–C) groups is 1. The van der Waals surface area contributed by atoms with E-state index in [2.05, 4.69) is 10.3 Å². The molecule has 0 radical (unpaired) electrons. The van der Waals surface area contributed by atoms with E-state index in [1.807, 2.05) is 24.3 Å². The molecule has 1 aliphatic rings. The standard InChI is InChI=1S/C26H22ClN3O5S/c1-35-21-12-2-16(3-13-21)15-28-26(29-19-8-6-18(27)7-9-19)36-22-14-23(31)30(24(22)32)20-10-4-17(5-11-20)25(33)34/h2-13,22H,14-15H2,1H3,(H,28,29)(H,33,34)/t22-/m1/s1. The van der Waals surface area contributed by atoms with Crippen molar-refractivity contribution in [1.29, 1.82) is 0 Å². The van der Waals surface area contributed by atoms with Gasteiger partial charge in [-0.05, 0) is 66.2 Å². The molecule has 0 spiro atoms. The maximum Gasteiger partial charge on any atom is 0.335 e. The number of carboxylic acids is 1. The van der Waals surface area contributed by atoms with E-state index in [0.29, 0.717) is 22.4 Å². The summed E-state index contributed by atoms with van der Waals surface area (Å²) in [7, 11) is 1.60. The Kier molecular flexibility index (Phi) is 7.92. The fourth-order valence-corrected chi connectivity index (χ4v) is 4.66. The van der Waals surface area contributed by atoms with Gasteiger partial charge in [0.2, 0.25) is 11.8 Å². The predicted molar refractivity (Wildman–Crippen MR) is 141 cm³/mol. The summed E-state index contributed by atoms with van der Waals surface area (Å²) in [5.41, 5.74) is 2.09. The van der Waals surface area contributed by atoms with Gasteiger partial charge < -0.3 is 15.2 Å². The van der Waals surface area contributed by atoms with Gasteiger partial charge in [-0.15, -0.1) is 0 Å². The molecule has 0 unspecified atom stereocenters. The summed E-state index contributed by atoms with van der Waals surface area (Å²) in [6.45, 7) is 0.349. The zero-order chi connectivity index (χ0) is 25.7. The molecule has 2 amide bonds. The van der Waals surface area contributed by atoms with E-state index in [0.717, 1.165) is 21.9 Å². The number of hydrogen-bond acceptors (Lipinski definition) is 6. The maximum absolute atomic E-state index is 13.2. The number of anilines is 2. The molecule has 10 heteroatoms. The van der Waals surface area contributed by atoms with E-state index in [9.17, 15) is 14.4 Å². The second kappa shape index (κ2) is 11.3. The van der Waals surface area contributed by atoms with E-state index in [-0.39, 0.29) is 23.8 Å². The molecular formula is C26H22ClN3O5S. The van der Waals surface area contributed by atoms with Gasteiger partial charge in [0.1, 0.15) is 11.0 Å². The van der Waals surface area contributed by atoms with Crippen molar-refractivity contribution >= 4 is 57.7 Å². The number of rotatable bonds is 7. The molecule has 184 valence electrons. The minimum atomic E-state index is -1.08. The molecule has 2 N–H and O–H groups in total. The molecule has 8 nitrogen and oxygen atoms in total. The number of hydrogen-bond donors (Lipinski definition) is 2. The first-order chi connectivity index (χ1) is 17.3. The van der Waals surface area contributed by atoms with Crippen LogP contribution in [0, 0.1) is 0 Å². The molecule has 0 bridgehead atoms. The zero-order valence-corrected chi connectivity index (χ0v) is 20.8. The Hall–Kier alpha value is -3.82. The van der Waals surface area contributed by atoms with Crippen molar-refractivity contribution < 1.29 is 24.2 Å². The molecule has 1 heterocycles. The van der Waals surface area contributed by atoms with Crippen molar-refractivity contribution in [2.75, 3.05) is 17.3 Å². The smallest absolute Gasteiger partial charge is 0.335 e. The first-order valence-electron chi connectivity index (χ1n) is 10.9. The molecule has 3 aromatic rings. The zero-order valence-electron chi connectivity index (χ0n) is 19.2. The number of benzene rings is 3. The lowest BCUT2D eigenvalue weighted by molar-refractivity contribution is -0.121. The average Bonchev–Trinajstić information content (AvgIpc) is 3.16.